The standard InChI is InChI=1S/C24H26N8O2/c1-16-13-20(30-29-16)26-19-14-21(32-11-9-31(2)10-12-32)28-23(27-19)34-18-5-3-17(4-6-18)22(33)24(15-25)7-8-24/h3-6,13-14H,7-12H2,1-2H3,(H2,26,27,28,29,30). The summed E-state index contributed by atoms with van der Waals surface area (Å²) in [5, 5.41) is 19.6. The molecule has 0 amide bonds. The molecule has 1 aliphatic heterocycles. The van der Waals surface area contributed by atoms with Crippen molar-refractivity contribution in [1.82, 2.24) is 25.1 Å². The summed E-state index contributed by atoms with van der Waals surface area (Å²) in [7, 11) is 2.11. The third-order valence-corrected chi connectivity index (χ3v) is 6.21. The maximum absolute atomic E-state index is 12.6. The Morgan fingerprint density at radius 1 is 1.12 bits per heavy atom. The number of hydrogen-bond donors (Lipinski definition) is 2. The molecule has 0 unspecified atom stereocenters. The largest absolute Gasteiger partial charge is 0.424 e. The van der Waals surface area contributed by atoms with Gasteiger partial charge in [-0.1, -0.05) is 0 Å². The van der Waals surface area contributed by atoms with Crippen molar-refractivity contribution in [2.45, 2.75) is 19.8 Å². The molecule has 2 aliphatic rings. The number of piperazine rings is 1. The van der Waals surface area contributed by atoms with Gasteiger partial charge in [0.25, 0.3) is 0 Å². The molecular formula is C24H26N8O2. The van der Waals surface area contributed by atoms with Crippen molar-refractivity contribution in [3.05, 3.63) is 47.7 Å². The minimum atomic E-state index is -0.840. The summed E-state index contributed by atoms with van der Waals surface area (Å²) in [4.78, 5) is 26.2. The molecule has 0 spiro atoms. The Labute approximate surface area is 197 Å². The Balaban J connectivity index is 1.38. The molecule has 1 saturated carbocycles. The molecule has 10 nitrogen and oxygen atoms in total. The number of aromatic nitrogens is 4. The van der Waals surface area contributed by atoms with Crippen LogP contribution in [0.5, 0.6) is 11.8 Å². The number of aromatic amines is 1. The van der Waals surface area contributed by atoms with Gasteiger partial charge < -0.3 is 19.9 Å². The number of benzene rings is 1. The number of likely N-dealkylation sites (N-methyl/N-ethyl adjacent to an activating group) is 1. The zero-order valence-electron chi connectivity index (χ0n) is 19.2. The van der Waals surface area contributed by atoms with Crippen LogP contribution in [-0.4, -0.2) is 64.1 Å². The van der Waals surface area contributed by atoms with E-state index >= 15 is 0 Å². The molecule has 10 heteroatoms. The number of nitrogens with zero attached hydrogens (tertiary/aromatic N) is 6. The first kappa shape index (κ1) is 21.9. The molecule has 0 radical (unpaired) electrons. The fraction of sp³-hybridized carbons (Fsp3) is 0.375. The van der Waals surface area contributed by atoms with E-state index in [-0.39, 0.29) is 11.8 Å². The number of H-pyrrole nitrogens is 1. The molecule has 174 valence electrons. The third kappa shape index (κ3) is 4.56. The second-order valence-electron chi connectivity index (χ2n) is 8.89. The number of carbonyl (C=O) groups is 1. The Bertz CT molecular complexity index is 1230. The van der Waals surface area contributed by atoms with E-state index in [9.17, 15) is 10.1 Å². The molecule has 1 saturated heterocycles. The van der Waals surface area contributed by atoms with Gasteiger partial charge in [0, 0.05) is 49.6 Å². The normalized spacial score (nSPS) is 17.1. The van der Waals surface area contributed by atoms with Gasteiger partial charge in [-0.3, -0.25) is 9.89 Å². The fourth-order valence-corrected chi connectivity index (χ4v) is 3.90. The van der Waals surface area contributed by atoms with Crippen LogP contribution in [0, 0.1) is 23.7 Å². The lowest BCUT2D eigenvalue weighted by Crippen LogP contribution is -2.44. The third-order valence-electron chi connectivity index (χ3n) is 6.21. The van der Waals surface area contributed by atoms with Crippen molar-refractivity contribution in [2.24, 2.45) is 5.41 Å². The van der Waals surface area contributed by atoms with Gasteiger partial charge in [0.05, 0.1) is 6.07 Å². The summed E-state index contributed by atoms with van der Waals surface area (Å²) in [5.41, 5.74) is 0.606. The Morgan fingerprint density at radius 3 is 2.47 bits per heavy atom. The molecule has 2 N–H and O–H groups in total. The molecule has 2 aromatic heterocycles. The van der Waals surface area contributed by atoms with Gasteiger partial charge in [0.2, 0.25) is 0 Å². The van der Waals surface area contributed by atoms with E-state index in [4.69, 9.17) is 4.74 Å². The SMILES string of the molecule is Cc1cc(Nc2cc(N3CCN(C)CC3)nc(Oc3ccc(C(=O)C4(C#N)CC4)cc3)n2)n[nH]1. The zero-order chi connectivity index (χ0) is 23.7. The molecule has 1 aromatic carbocycles. The first-order chi connectivity index (χ1) is 16.4. The summed E-state index contributed by atoms with van der Waals surface area (Å²) in [6, 6.07) is 12.9. The van der Waals surface area contributed by atoms with E-state index < -0.39 is 5.41 Å². The molecule has 5 rings (SSSR count). The number of rotatable bonds is 7. The van der Waals surface area contributed by atoms with Crippen molar-refractivity contribution in [3.8, 4) is 17.8 Å². The number of nitriles is 1. The number of ether oxygens (including phenoxy) is 1. The first-order valence-corrected chi connectivity index (χ1v) is 11.3. The molecule has 0 atom stereocenters. The van der Waals surface area contributed by atoms with Crippen LogP contribution in [0.2, 0.25) is 0 Å². The summed E-state index contributed by atoms with van der Waals surface area (Å²) < 4.78 is 5.97. The van der Waals surface area contributed by atoms with E-state index in [1.165, 1.54) is 0 Å². The van der Waals surface area contributed by atoms with Gasteiger partial charge in [-0.05, 0) is 51.1 Å². The van der Waals surface area contributed by atoms with E-state index in [1.54, 1.807) is 24.3 Å². The zero-order valence-corrected chi connectivity index (χ0v) is 19.2. The highest BCUT2D eigenvalue weighted by molar-refractivity contribution is 6.04. The molecule has 3 heterocycles. The van der Waals surface area contributed by atoms with E-state index in [0.29, 0.717) is 35.8 Å². The van der Waals surface area contributed by atoms with Gasteiger partial charge >= 0.3 is 6.01 Å². The maximum Gasteiger partial charge on any atom is 0.325 e. The highest BCUT2D eigenvalue weighted by atomic mass is 16.5. The second-order valence-corrected chi connectivity index (χ2v) is 8.89. The number of Topliss-reactive ketones (excluding diaryl/α,β-unsaturated/α-hetero) is 1. The summed E-state index contributed by atoms with van der Waals surface area (Å²) >= 11 is 0. The average Bonchev–Trinajstić information content (AvgIpc) is 3.54. The van der Waals surface area contributed by atoms with Crippen LogP contribution >= 0.6 is 0 Å². The number of aryl methyl sites for hydroxylation is 1. The predicted octanol–water partition coefficient (Wildman–Crippen LogP) is 3.28. The van der Waals surface area contributed by atoms with E-state index in [1.807, 2.05) is 19.1 Å². The molecule has 1 aliphatic carbocycles. The summed E-state index contributed by atoms with van der Waals surface area (Å²) in [5.74, 6) is 2.37. The van der Waals surface area contributed by atoms with Crippen LogP contribution in [0.25, 0.3) is 0 Å². The Kier molecular flexibility index (Phi) is 5.63. The van der Waals surface area contributed by atoms with Crippen molar-refractivity contribution < 1.29 is 9.53 Å². The number of carbonyl (C=O) groups excluding carboxylic acids is 1. The number of anilines is 3. The van der Waals surface area contributed by atoms with Crippen molar-refractivity contribution >= 4 is 23.2 Å². The van der Waals surface area contributed by atoms with E-state index in [2.05, 4.69) is 48.4 Å². The lowest BCUT2D eigenvalue weighted by atomic mass is 9.96. The monoisotopic (exact) mass is 458 g/mol. The van der Waals surface area contributed by atoms with Crippen molar-refractivity contribution in [1.29, 1.82) is 5.26 Å². The van der Waals surface area contributed by atoms with Crippen molar-refractivity contribution in [3.63, 3.8) is 0 Å². The topological polar surface area (TPSA) is 123 Å². The minimum Gasteiger partial charge on any atom is -0.424 e. The lowest BCUT2D eigenvalue weighted by Gasteiger charge is -2.33. The first-order valence-electron chi connectivity index (χ1n) is 11.3. The van der Waals surface area contributed by atoms with Crippen molar-refractivity contribution in [2.75, 3.05) is 43.4 Å². The van der Waals surface area contributed by atoms with Gasteiger partial charge in [-0.25, -0.2) is 0 Å². The maximum atomic E-state index is 12.6. The highest BCUT2D eigenvalue weighted by Gasteiger charge is 2.50. The van der Waals surface area contributed by atoms with E-state index in [0.717, 1.165) is 37.7 Å². The molecule has 2 fully saturated rings. The lowest BCUT2D eigenvalue weighted by molar-refractivity contribution is 0.0934. The van der Waals surface area contributed by atoms with Crippen LogP contribution in [0.3, 0.4) is 0 Å². The van der Waals surface area contributed by atoms with Crippen LogP contribution in [0.15, 0.2) is 36.4 Å². The number of hydrogen-bond acceptors (Lipinski definition) is 9. The van der Waals surface area contributed by atoms with Crippen LogP contribution in [-0.2, 0) is 0 Å². The second kappa shape index (κ2) is 8.76. The van der Waals surface area contributed by atoms with Gasteiger partial charge in [0.15, 0.2) is 11.6 Å². The summed E-state index contributed by atoms with van der Waals surface area (Å²) in [6.45, 7) is 5.53. The Hall–Kier alpha value is -3.97. The summed E-state index contributed by atoms with van der Waals surface area (Å²) in [6.07, 6.45) is 1.25. The molecular weight excluding hydrogens is 432 g/mol. The number of nitrogens with one attached hydrogen (secondary N) is 2. The van der Waals surface area contributed by atoms with Gasteiger partial charge in [0.1, 0.15) is 22.8 Å². The minimum absolute atomic E-state index is 0.129. The van der Waals surface area contributed by atoms with Crippen LogP contribution in [0.1, 0.15) is 28.9 Å². The molecule has 34 heavy (non-hydrogen) atoms. The quantitative estimate of drug-likeness (QED) is 0.513. The molecule has 0 bridgehead atoms. The smallest absolute Gasteiger partial charge is 0.325 e. The number of ketones is 1. The predicted molar refractivity (Wildman–Crippen MR) is 126 cm³/mol. The fourth-order valence-electron chi connectivity index (χ4n) is 3.90. The van der Waals surface area contributed by atoms with Gasteiger partial charge in [-0.15, -0.1) is 0 Å². The van der Waals surface area contributed by atoms with Gasteiger partial charge in [-0.2, -0.15) is 20.3 Å². The highest BCUT2D eigenvalue weighted by Crippen LogP contribution is 2.47. The van der Waals surface area contributed by atoms with Crippen LogP contribution < -0.4 is 15.0 Å². The Morgan fingerprint density at radius 2 is 1.85 bits per heavy atom. The molecule has 3 aromatic rings. The van der Waals surface area contributed by atoms with Crippen LogP contribution in [0.4, 0.5) is 17.5 Å². The average molecular weight is 459 g/mol.